The normalized spacial score (nSPS) is 14.9. The minimum atomic E-state index is -0.215. The zero-order valence-electron chi connectivity index (χ0n) is 14.2. The van der Waals surface area contributed by atoms with Crippen molar-refractivity contribution >= 4 is 11.8 Å². The molecule has 0 unspecified atom stereocenters. The van der Waals surface area contributed by atoms with Gasteiger partial charge in [0.2, 0.25) is 0 Å². The van der Waals surface area contributed by atoms with Crippen LogP contribution < -0.4 is 5.32 Å². The summed E-state index contributed by atoms with van der Waals surface area (Å²) in [6.45, 7) is 4.18. The summed E-state index contributed by atoms with van der Waals surface area (Å²) in [6.07, 6.45) is 4.44. The first kappa shape index (κ1) is 16.4. The average Bonchev–Trinajstić information content (AvgIpc) is 3.42. The van der Waals surface area contributed by atoms with Crippen LogP contribution in [0.4, 0.5) is 5.82 Å². The van der Waals surface area contributed by atoms with E-state index in [1.54, 1.807) is 0 Å². The Balaban J connectivity index is 1.83. The number of anilines is 1. The second-order valence-corrected chi connectivity index (χ2v) is 6.15. The fraction of sp³-hybridized carbons (Fsp3) is 0.421. The smallest absolute Gasteiger partial charge is 0.308 e. The molecular formula is C19H23N3O2. The SMILES string of the molecule is CCOC(=O)C[C@@H](Nc1nc(C2CC2)ncc1C)c1ccccc1. The van der Waals surface area contributed by atoms with Gasteiger partial charge in [0.1, 0.15) is 11.6 Å². The fourth-order valence-electron chi connectivity index (χ4n) is 2.63. The number of ether oxygens (including phenoxy) is 1. The highest BCUT2D eigenvalue weighted by molar-refractivity contribution is 5.71. The number of rotatable bonds is 7. The van der Waals surface area contributed by atoms with Crippen LogP contribution in [0.2, 0.25) is 0 Å². The lowest BCUT2D eigenvalue weighted by atomic mass is 10.0. The monoisotopic (exact) mass is 325 g/mol. The summed E-state index contributed by atoms with van der Waals surface area (Å²) in [6, 6.07) is 9.75. The van der Waals surface area contributed by atoms with E-state index in [1.807, 2.05) is 50.4 Å². The van der Waals surface area contributed by atoms with Crippen LogP contribution in [0.5, 0.6) is 0 Å². The van der Waals surface area contributed by atoms with Crippen LogP contribution in [0.1, 0.15) is 55.1 Å². The number of aromatic nitrogens is 2. The van der Waals surface area contributed by atoms with Crippen molar-refractivity contribution in [2.75, 3.05) is 11.9 Å². The summed E-state index contributed by atoms with van der Waals surface area (Å²) in [7, 11) is 0. The lowest BCUT2D eigenvalue weighted by molar-refractivity contribution is -0.143. The van der Waals surface area contributed by atoms with E-state index in [9.17, 15) is 4.79 Å². The Morgan fingerprint density at radius 2 is 2.08 bits per heavy atom. The molecule has 0 saturated heterocycles. The number of carbonyl (C=O) groups is 1. The maximum Gasteiger partial charge on any atom is 0.308 e. The molecule has 0 amide bonds. The summed E-state index contributed by atoms with van der Waals surface area (Å²) in [5.74, 6) is 1.97. The Morgan fingerprint density at radius 3 is 2.75 bits per heavy atom. The summed E-state index contributed by atoms with van der Waals surface area (Å²) >= 11 is 0. The quantitative estimate of drug-likeness (QED) is 0.785. The number of aryl methyl sites for hydroxylation is 1. The molecule has 24 heavy (non-hydrogen) atoms. The second kappa shape index (κ2) is 7.43. The standard InChI is InChI=1S/C19H23N3O2/c1-3-24-17(23)11-16(14-7-5-4-6-8-14)21-18-13(2)12-20-19(22-18)15-9-10-15/h4-8,12,15-16H,3,9-11H2,1-2H3,(H,20,21,22)/t16-/m1/s1. The molecule has 1 saturated carbocycles. The van der Waals surface area contributed by atoms with Gasteiger partial charge in [-0.1, -0.05) is 30.3 Å². The molecule has 126 valence electrons. The molecule has 1 aliphatic carbocycles. The van der Waals surface area contributed by atoms with Crippen LogP contribution in [0, 0.1) is 6.92 Å². The molecule has 5 nitrogen and oxygen atoms in total. The largest absolute Gasteiger partial charge is 0.466 e. The number of esters is 1. The molecule has 5 heteroatoms. The first-order valence-corrected chi connectivity index (χ1v) is 8.48. The van der Waals surface area contributed by atoms with Gasteiger partial charge in [-0.3, -0.25) is 4.79 Å². The Kier molecular flexibility index (Phi) is 5.08. The predicted octanol–water partition coefficient (Wildman–Crippen LogP) is 3.77. The molecule has 1 heterocycles. The van der Waals surface area contributed by atoms with Crippen LogP contribution >= 0.6 is 0 Å². The molecule has 3 rings (SSSR count). The summed E-state index contributed by atoms with van der Waals surface area (Å²) in [4.78, 5) is 21.1. The van der Waals surface area contributed by atoms with Gasteiger partial charge in [-0.15, -0.1) is 0 Å². The van der Waals surface area contributed by atoms with E-state index in [1.165, 1.54) is 0 Å². The van der Waals surface area contributed by atoms with Crippen LogP contribution in [0.25, 0.3) is 0 Å². The molecule has 1 atom stereocenters. The number of carbonyl (C=O) groups excluding carboxylic acids is 1. The van der Waals surface area contributed by atoms with Crippen LogP contribution in [0.3, 0.4) is 0 Å². The molecule has 0 spiro atoms. The summed E-state index contributed by atoms with van der Waals surface area (Å²) in [5, 5.41) is 3.42. The third-order valence-electron chi connectivity index (χ3n) is 4.12. The van der Waals surface area contributed by atoms with E-state index in [-0.39, 0.29) is 18.4 Å². The molecule has 0 bridgehead atoms. The van der Waals surface area contributed by atoms with Crippen LogP contribution in [0.15, 0.2) is 36.5 Å². The number of benzene rings is 1. The van der Waals surface area contributed by atoms with Gasteiger partial charge < -0.3 is 10.1 Å². The lowest BCUT2D eigenvalue weighted by Gasteiger charge is -2.20. The third-order valence-corrected chi connectivity index (χ3v) is 4.12. The van der Waals surface area contributed by atoms with E-state index in [0.717, 1.165) is 35.6 Å². The molecule has 1 N–H and O–H groups in total. The average molecular weight is 325 g/mol. The van der Waals surface area contributed by atoms with Crippen LogP contribution in [-0.2, 0) is 9.53 Å². The van der Waals surface area contributed by atoms with Gasteiger partial charge in [0, 0.05) is 17.7 Å². The van der Waals surface area contributed by atoms with Crippen molar-refractivity contribution in [1.82, 2.24) is 9.97 Å². The first-order chi connectivity index (χ1) is 11.7. The number of hydrogen-bond acceptors (Lipinski definition) is 5. The summed E-state index contributed by atoms with van der Waals surface area (Å²) < 4.78 is 5.12. The maximum atomic E-state index is 12.0. The fourth-order valence-corrected chi connectivity index (χ4v) is 2.63. The van der Waals surface area contributed by atoms with Crippen molar-refractivity contribution in [1.29, 1.82) is 0 Å². The van der Waals surface area contributed by atoms with Gasteiger partial charge in [0.05, 0.1) is 19.1 Å². The Labute approximate surface area is 142 Å². The summed E-state index contributed by atoms with van der Waals surface area (Å²) in [5.41, 5.74) is 2.01. The second-order valence-electron chi connectivity index (χ2n) is 6.15. The van der Waals surface area contributed by atoms with Gasteiger partial charge in [0.25, 0.3) is 0 Å². The van der Waals surface area contributed by atoms with Crippen molar-refractivity contribution in [3.63, 3.8) is 0 Å². The first-order valence-electron chi connectivity index (χ1n) is 8.48. The zero-order valence-corrected chi connectivity index (χ0v) is 14.2. The Morgan fingerprint density at radius 1 is 1.33 bits per heavy atom. The van der Waals surface area contributed by atoms with Crippen molar-refractivity contribution in [3.05, 3.63) is 53.5 Å². The third kappa shape index (κ3) is 4.10. The van der Waals surface area contributed by atoms with E-state index in [2.05, 4.69) is 15.3 Å². The van der Waals surface area contributed by atoms with Gasteiger partial charge in [-0.05, 0) is 32.3 Å². The minimum Gasteiger partial charge on any atom is -0.466 e. The molecule has 0 aliphatic heterocycles. The van der Waals surface area contributed by atoms with E-state index < -0.39 is 0 Å². The zero-order chi connectivity index (χ0) is 16.9. The molecule has 1 aromatic heterocycles. The van der Waals surface area contributed by atoms with Gasteiger partial charge in [-0.25, -0.2) is 9.97 Å². The van der Waals surface area contributed by atoms with Crippen molar-refractivity contribution in [3.8, 4) is 0 Å². The Bertz CT molecular complexity index is 699. The highest BCUT2D eigenvalue weighted by Gasteiger charge is 2.27. The highest BCUT2D eigenvalue weighted by Crippen LogP contribution is 2.38. The van der Waals surface area contributed by atoms with Gasteiger partial charge in [0.15, 0.2) is 0 Å². The molecule has 0 radical (unpaired) electrons. The number of hydrogen-bond donors (Lipinski definition) is 1. The number of nitrogens with zero attached hydrogens (tertiary/aromatic N) is 2. The molecule has 1 aromatic carbocycles. The molecule has 1 fully saturated rings. The minimum absolute atomic E-state index is 0.175. The topological polar surface area (TPSA) is 64.1 Å². The Hall–Kier alpha value is -2.43. The van der Waals surface area contributed by atoms with Crippen molar-refractivity contribution in [2.24, 2.45) is 0 Å². The van der Waals surface area contributed by atoms with E-state index >= 15 is 0 Å². The predicted molar refractivity (Wildman–Crippen MR) is 92.8 cm³/mol. The highest BCUT2D eigenvalue weighted by atomic mass is 16.5. The maximum absolute atomic E-state index is 12.0. The van der Waals surface area contributed by atoms with Gasteiger partial charge in [-0.2, -0.15) is 0 Å². The molecule has 2 aromatic rings. The lowest BCUT2D eigenvalue weighted by Crippen LogP contribution is -2.19. The van der Waals surface area contributed by atoms with E-state index in [4.69, 9.17) is 4.74 Å². The number of nitrogens with one attached hydrogen (secondary N) is 1. The molecule has 1 aliphatic rings. The van der Waals surface area contributed by atoms with Gasteiger partial charge >= 0.3 is 5.97 Å². The van der Waals surface area contributed by atoms with E-state index in [0.29, 0.717) is 12.5 Å². The van der Waals surface area contributed by atoms with Crippen molar-refractivity contribution < 1.29 is 9.53 Å². The van der Waals surface area contributed by atoms with Crippen LogP contribution in [-0.4, -0.2) is 22.5 Å². The molecular weight excluding hydrogens is 302 g/mol. The van der Waals surface area contributed by atoms with Crippen molar-refractivity contribution in [2.45, 2.75) is 45.1 Å².